The fourth-order valence-electron chi connectivity index (χ4n) is 2.24. The predicted octanol–water partition coefficient (Wildman–Crippen LogP) is 2.56. The molecule has 20 heavy (non-hydrogen) atoms. The molecule has 0 aromatic heterocycles. The monoisotopic (exact) mass is 272 g/mol. The van der Waals surface area contributed by atoms with Gasteiger partial charge in [0.15, 0.2) is 0 Å². The van der Waals surface area contributed by atoms with E-state index in [1.807, 2.05) is 43.3 Å². The van der Waals surface area contributed by atoms with E-state index in [0.29, 0.717) is 0 Å². The molecular weight excluding hydrogens is 252 g/mol. The SMILES string of the molecule is COc1ccc(C(NN)c2cc(C)ccc2OC)cc1. The van der Waals surface area contributed by atoms with Gasteiger partial charge in [0.1, 0.15) is 11.5 Å². The molecule has 0 bridgehead atoms. The van der Waals surface area contributed by atoms with E-state index >= 15 is 0 Å². The second kappa shape index (κ2) is 6.41. The summed E-state index contributed by atoms with van der Waals surface area (Å²) in [5.74, 6) is 7.38. The van der Waals surface area contributed by atoms with Crippen LogP contribution in [-0.2, 0) is 0 Å². The van der Waals surface area contributed by atoms with Crippen LogP contribution in [0.15, 0.2) is 42.5 Å². The number of nitrogens with two attached hydrogens (primary N) is 1. The van der Waals surface area contributed by atoms with Crippen LogP contribution in [0.4, 0.5) is 0 Å². The van der Waals surface area contributed by atoms with Crippen LogP contribution in [0, 0.1) is 6.92 Å². The van der Waals surface area contributed by atoms with Gasteiger partial charge in [-0.15, -0.1) is 0 Å². The third kappa shape index (κ3) is 2.92. The molecule has 0 aliphatic heterocycles. The van der Waals surface area contributed by atoms with E-state index in [1.165, 1.54) is 0 Å². The highest BCUT2D eigenvalue weighted by Crippen LogP contribution is 2.31. The van der Waals surface area contributed by atoms with E-state index in [1.54, 1.807) is 14.2 Å². The summed E-state index contributed by atoms with van der Waals surface area (Å²) in [5, 5.41) is 0. The zero-order valence-electron chi connectivity index (χ0n) is 12.0. The van der Waals surface area contributed by atoms with E-state index < -0.39 is 0 Å². The van der Waals surface area contributed by atoms with Gasteiger partial charge < -0.3 is 9.47 Å². The van der Waals surface area contributed by atoms with E-state index in [-0.39, 0.29) is 6.04 Å². The summed E-state index contributed by atoms with van der Waals surface area (Å²) in [5.41, 5.74) is 6.08. The Morgan fingerprint density at radius 2 is 1.70 bits per heavy atom. The fourth-order valence-corrected chi connectivity index (χ4v) is 2.24. The number of aryl methyl sites for hydroxylation is 1. The van der Waals surface area contributed by atoms with E-state index in [2.05, 4.69) is 11.5 Å². The Labute approximate surface area is 119 Å². The summed E-state index contributed by atoms with van der Waals surface area (Å²) in [6.45, 7) is 2.05. The van der Waals surface area contributed by atoms with Gasteiger partial charge in [-0.25, -0.2) is 5.43 Å². The maximum Gasteiger partial charge on any atom is 0.124 e. The Kier molecular flexibility index (Phi) is 4.61. The lowest BCUT2D eigenvalue weighted by molar-refractivity contribution is 0.404. The summed E-state index contributed by atoms with van der Waals surface area (Å²) >= 11 is 0. The van der Waals surface area contributed by atoms with Gasteiger partial charge >= 0.3 is 0 Å². The van der Waals surface area contributed by atoms with Crippen molar-refractivity contribution in [2.75, 3.05) is 14.2 Å². The molecule has 0 heterocycles. The lowest BCUT2D eigenvalue weighted by Gasteiger charge is -2.20. The Balaban J connectivity index is 2.43. The number of hydrogen-bond donors (Lipinski definition) is 2. The molecule has 0 amide bonds. The minimum atomic E-state index is -0.129. The number of hydrogen-bond acceptors (Lipinski definition) is 4. The molecule has 0 radical (unpaired) electrons. The quantitative estimate of drug-likeness (QED) is 0.649. The number of methoxy groups -OCH3 is 2. The average molecular weight is 272 g/mol. The average Bonchev–Trinajstić information content (AvgIpc) is 2.49. The van der Waals surface area contributed by atoms with Gasteiger partial charge in [-0.3, -0.25) is 5.84 Å². The van der Waals surface area contributed by atoms with E-state index in [0.717, 1.165) is 28.2 Å². The van der Waals surface area contributed by atoms with Gasteiger partial charge in [0.25, 0.3) is 0 Å². The first-order valence-corrected chi connectivity index (χ1v) is 6.44. The molecule has 2 aromatic rings. The summed E-state index contributed by atoms with van der Waals surface area (Å²) in [6.07, 6.45) is 0. The number of hydrazine groups is 1. The minimum absolute atomic E-state index is 0.129. The van der Waals surface area contributed by atoms with Crippen LogP contribution in [0.2, 0.25) is 0 Å². The van der Waals surface area contributed by atoms with Crippen LogP contribution in [-0.4, -0.2) is 14.2 Å². The van der Waals surface area contributed by atoms with E-state index in [9.17, 15) is 0 Å². The molecule has 1 atom stereocenters. The second-order valence-corrected chi connectivity index (χ2v) is 4.62. The van der Waals surface area contributed by atoms with Gasteiger partial charge in [-0.05, 0) is 30.7 Å². The van der Waals surface area contributed by atoms with E-state index in [4.69, 9.17) is 15.3 Å². The lowest BCUT2D eigenvalue weighted by Crippen LogP contribution is -2.29. The van der Waals surface area contributed by atoms with Crippen LogP contribution in [0.3, 0.4) is 0 Å². The molecule has 2 rings (SSSR count). The Hall–Kier alpha value is -2.04. The van der Waals surface area contributed by atoms with Gasteiger partial charge in [-0.2, -0.15) is 0 Å². The molecule has 0 aliphatic rings. The lowest BCUT2D eigenvalue weighted by atomic mass is 9.97. The van der Waals surface area contributed by atoms with Crippen molar-refractivity contribution in [3.05, 3.63) is 59.2 Å². The summed E-state index contributed by atoms with van der Waals surface area (Å²) in [6, 6.07) is 13.7. The minimum Gasteiger partial charge on any atom is -0.497 e. The van der Waals surface area contributed by atoms with Gasteiger partial charge in [0, 0.05) is 5.56 Å². The first-order valence-electron chi connectivity index (χ1n) is 6.44. The fraction of sp³-hybridized carbons (Fsp3) is 0.250. The third-order valence-corrected chi connectivity index (χ3v) is 3.31. The third-order valence-electron chi connectivity index (χ3n) is 3.31. The predicted molar refractivity (Wildman–Crippen MR) is 79.9 cm³/mol. The highest BCUT2D eigenvalue weighted by Gasteiger charge is 2.17. The highest BCUT2D eigenvalue weighted by atomic mass is 16.5. The number of rotatable bonds is 5. The second-order valence-electron chi connectivity index (χ2n) is 4.62. The van der Waals surface area contributed by atoms with Crippen molar-refractivity contribution in [3.63, 3.8) is 0 Å². The van der Waals surface area contributed by atoms with Crippen molar-refractivity contribution >= 4 is 0 Å². The molecular formula is C16H20N2O2. The first kappa shape index (κ1) is 14.4. The molecule has 106 valence electrons. The van der Waals surface area contributed by atoms with Crippen LogP contribution < -0.4 is 20.7 Å². The van der Waals surface area contributed by atoms with Gasteiger partial charge in [0.05, 0.1) is 20.3 Å². The van der Waals surface area contributed by atoms with Crippen LogP contribution >= 0.6 is 0 Å². The molecule has 0 saturated carbocycles. The Bertz CT molecular complexity index is 567. The number of ether oxygens (including phenoxy) is 2. The smallest absolute Gasteiger partial charge is 0.124 e. The van der Waals surface area contributed by atoms with Gasteiger partial charge in [-0.1, -0.05) is 29.8 Å². The van der Waals surface area contributed by atoms with Crippen molar-refractivity contribution in [2.24, 2.45) is 5.84 Å². The summed E-state index contributed by atoms with van der Waals surface area (Å²) in [7, 11) is 3.31. The maximum atomic E-state index is 5.74. The Morgan fingerprint density at radius 3 is 2.25 bits per heavy atom. The van der Waals surface area contributed by atoms with Crippen molar-refractivity contribution in [1.29, 1.82) is 0 Å². The van der Waals surface area contributed by atoms with Gasteiger partial charge in [0.2, 0.25) is 0 Å². The van der Waals surface area contributed by atoms with Crippen molar-refractivity contribution in [2.45, 2.75) is 13.0 Å². The molecule has 0 aliphatic carbocycles. The molecule has 0 spiro atoms. The summed E-state index contributed by atoms with van der Waals surface area (Å²) < 4.78 is 10.6. The van der Waals surface area contributed by atoms with Crippen molar-refractivity contribution in [3.8, 4) is 11.5 Å². The number of nitrogens with one attached hydrogen (secondary N) is 1. The molecule has 2 aromatic carbocycles. The highest BCUT2D eigenvalue weighted by molar-refractivity contribution is 5.44. The zero-order chi connectivity index (χ0) is 14.5. The standard InChI is InChI=1S/C16H20N2O2/c1-11-4-9-15(20-3)14(10-11)16(18-17)12-5-7-13(19-2)8-6-12/h4-10,16,18H,17H2,1-3H3. The first-order chi connectivity index (χ1) is 9.69. The Morgan fingerprint density at radius 1 is 1.00 bits per heavy atom. The molecule has 3 N–H and O–H groups in total. The maximum absolute atomic E-state index is 5.74. The van der Waals surface area contributed by atoms with Crippen LogP contribution in [0.25, 0.3) is 0 Å². The molecule has 4 heteroatoms. The molecule has 0 saturated heterocycles. The van der Waals surface area contributed by atoms with Crippen LogP contribution in [0.1, 0.15) is 22.7 Å². The summed E-state index contributed by atoms with van der Waals surface area (Å²) in [4.78, 5) is 0. The largest absolute Gasteiger partial charge is 0.497 e. The van der Waals surface area contributed by atoms with Crippen molar-refractivity contribution < 1.29 is 9.47 Å². The molecule has 1 unspecified atom stereocenters. The van der Waals surface area contributed by atoms with Crippen LogP contribution in [0.5, 0.6) is 11.5 Å². The molecule has 0 fully saturated rings. The number of benzene rings is 2. The van der Waals surface area contributed by atoms with Crippen molar-refractivity contribution in [1.82, 2.24) is 5.43 Å². The zero-order valence-corrected chi connectivity index (χ0v) is 12.0. The normalized spacial score (nSPS) is 12.0. The molecule has 4 nitrogen and oxygen atoms in total. The topological polar surface area (TPSA) is 56.5 Å².